The smallest absolute Gasteiger partial charge is 0.241 e. The van der Waals surface area contributed by atoms with Gasteiger partial charge in [0.05, 0.1) is 22.3 Å². The van der Waals surface area contributed by atoms with Gasteiger partial charge in [-0.05, 0) is 43.7 Å². The van der Waals surface area contributed by atoms with Gasteiger partial charge in [0.2, 0.25) is 5.91 Å². The van der Waals surface area contributed by atoms with Crippen molar-refractivity contribution >= 4 is 34.8 Å². The Morgan fingerprint density at radius 2 is 1.88 bits per heavy atom. The summed E-state index contributed by atoms with van der Waals surface area (Å²) in [6.07, 6.45) is 0. The molecule has 4 nitrogen and oxygen atoms in total. The fraction of sp³-hybridized carbons (Fsp3) is 0.222. The topological polar surface area (TPSA) is 64.9 Å². The van der Waals surface area contributed by atoms with Crippen molar-refractivity contribution in [1.29, 1.82) is 5.26 Å². The van der Waals surface area contributed by atoms with Gasteiger partial charge in [0.25, 0.3) is 0 Å². The highest BCUT2D eigenvalue weighted by molar-refractivity contribution is 6.35. The SMILES string of the molecule is C[C@H](N[C@H](C)c1cc(F)c(Cl)cc1Cl)C(=O)Nc1ccccc1C#N. The van der Waals surface area contributed by atoms with Crippen LogP contribution in [0.1, 0.15) is 31.0 Å². The number of nitriles is 1. The summed E-state index contributed by atoms with van der Waals surface area (Å²) in [5, 5.41) is 15.1. The summed E-state index contributed by atoms with van der Waals surface area (Å²) >= 11 is 11.8. The Morgan fingerprint density at radius 1 is 1.20 bits per heavy atom. The van der Waals surface area contributed by atoms with Gasteiger partial charge in [-0.25, -0.2) is 4.39 Å². The zero-order valence-corrected chi connectivity index (χ0v) is 15.1. The van der Waals surface area contributed by atoms with E-state index in [-0.39, 0.29) is 17.0 Å². The number of halogens is 3. The molecule has 0 aromatic heterocycles. The molecule has 25 heavy (non-hydrogen) atoms. The first-order valence-electron chi connectivity index (χ1n) is 7.54. The van der Waals surface area contributed by atoms with Crippen molar-refractivity contribution in [3.05, 3.63) is 63.4 Å². The molecule has 130 valence electrons. The second kappa shape index (κ2) is 8.30. The van der Waals surface area contributed by atoms with Crippen molar-refractivity contribution in [3.63, 3.8) is 0 Å². The fourth-order valence-electron chi connectivity index (χ4n) is 2.34. The van der Waals surface area contributed by atoms with Crippen LogP contribution in [0, 0.1) is 17.1 Å². The lowest BCUT2D eigenvalue weighted by atomic mass is 10.1. The van der Waals surface area contributed by atoms with Gasteiger partial charge in [-0.3, -0.25) is 10.1 Å². The molecule has 2 N–H and O–H groups in total. The van der Waals surface area contributed by atoms with Crippen molar-refractivity contribution in [2.24, 2.45) is 0 Å². The minimum absolute atomic E-state index is 0.0557. The van der Waals surface area contributed by atoms with Gasteiger partial charge < -0.3 is 5.32 Å². The Balaban J connectivity index is 2.08. The molecule has 0 spiro atoms. The molecule has 2 rings (SSSR count). The predicted molar refractivity (Wildman–Crippen MR) is 97.2 cm³/mol. The Kier molecular flexibility index (Phi) is 6.38. The van der Waals surface area contributed by atoms with E-state index < -0.39 is 11.9 Å². The van der Waals surface area contributed by atoms with E-state index in [9.17, 15) is 9.18 Å². The monoisotopic (exact) mass is 379 g/mol. The quantitative estimate of drug-likeness (QED) is 0.741. The van der Waals surface area contributed by atoms with E-state index in [1.165, 1.54) is 12.1 Å². The molecule has 0 saturated heterocycles. The standard InChI is InChI=1S/C18H16Cl2FN3O/c1-10(13-7-16(21)15(20)8-14(13)19)23-11(2)18(25)24-17-6-4-3-5-12(17)9-22/h3-8,10-11,23H,1-2H3,(H,24,25)/t10-,11+/m1/s1. The van der Waals surface area contributed by atoms with Crippen molar-refractivity contribution in [3.8, 4) is 6.07 Å². The molecule has 0 heterocycles. The summed E-state index contributed by atoms with van der Waals surface area (Å²) in [5.74, 6) is -0.894. The molecule has 7 heteroatoms. The Hall–Kier alpha value is -2.13. The van der Waals surface area contributed by atoms with Crippen molar-refractivity contribution in [2.45, 2.75) is 25.9 Å². The maximum absolute atomic E-state index is 13.7. The number of carbonyl (C=O) groups excluding carboxylic acids is 1. The Morgan fingerprint density at radius 3 is 2.56 bits per heavy atom. The normalized spacial score (nSPS) is 13.0. The minimum Gasteiger partial charge on any atom is -0.324 e. The lowest BCUT2D eigenvalue weighted by molar-refractivity contribution is -0.117. The number of carbonyl (C=O) groups is 1. The van der Waals surface area contributed by atoms with Gasteiger partial charge in [-0.2, -0.15) is 5.26 Å². The largest absolute Gasteiger partial charge is 0.324 e. The molecule has 0 unspecified atom stereocenters. The van der Waals surface area contributed by atoms with Crippen LogP contribution in [0.3, 0.4) is 0 Å². The van der Waals surface area contributed by atoms with Gasteiger partial charge in [-0.1, -0.05) is 35.3 Å². The average molecular weight is 380 g/mol. The summed E-state index contributed by atoms with van der Waals surface area (Å²) in [7, 11) is 0. The van der Waals surface area contributed by atoms with Crippen LogP contribution in [0.5, 0.6) is 0 Å². The number of benzene rings is 2. The Labute approximate surface area is 155 Å². The zero-order valence-electron chi connectivity index (χ0n) is 13.6. The van der Waals surface area contributed by atoms with Crippen molar-refractivity contribution in [2.75, 3.05) is 5.32 Å². The van der Waals surface area contributed by atoms with Crippen LogP contribution in [-0.4, -0.2) is 11.9 Å². The molecular formula is C18H16Cl2FN3O. The molecule has 0 bridgehead atoms. The summed E-state index contributed by atoms with van der Waals surface area (Å²) in [5.41, 5.74) is 1.31. The summed E-state index contributed by atoms with van der Waals surface area (Å²) < 4.78 is 13.7. The molecule has 0 aliphatic carbocycles. The highest BCUT2D eigenvalue weighted by atomic mass is 35.5. The van der Waals surface area contributed by atoms with Crippen LogP contribution < -0.4 is 10.6 Å². The Bertz CT molecular complexity index is 836. The molecule has 0 saturated carbocycles. The minimum atomic E-state index is -0.600. The van der Waals surface area contributed by atoms with Gasteiger partial charge in [0.1, 0.15) is 11.9 Å². The number of nitrogens with one attached hydrogen (secondary N) is 2. The molecule has 2 aromatic rings. The molecule has 0 aliphatic rings. The van der Waals surface area contributed by atoms with E-state index in [1.807, 2.05) is 6.07 Å². The highest BCUT2D eigenvalue weighted by Crippen LogP contribution is 2.28. The maximum Gasteiger partial charge on any atom is 0.241 e. The van der Waals surface area contributed by atoms with Crippen LogP contribution in [-0.2, 0) is 4.79 Å². The number of hydrogen-bond donors (Lipinski definition) is 2. The number of amides is 1. The average Bonchev–Trinajstić information content (AvgIpc) is 2.58. The van der Waals surface area contributed by atoms with Gasteiger partial charge in [-0.15, -0.1) is 0 Å². The van der Waals surface area contributed by atoms with Gasteiger partial charge in [0, 0.05) is 11.1 Å². The number of rotatable bonds is 5. The number of anilines is 1. The van der Waals surface area contributed by atoms with Crippen molar-refractivity contribution < 1.29 is 9.18 Å². The molecule has 0 radical (unpaired) electrons. The maximum atomic E-state index is 13.7. The van der Waals surface area contributed by atoms with E-state index in [4.69, 9.17) is 28.5 Å². The second-order valence-electron chi connectivity index (χ2n) is 5.54. The summed E-state index contributed by atoms with van der Waals surface area (Å²) in [6.45, 7) is 3.43. The zero-order chi connectivity index (χ0) is 18.6. The first kappa shape index (κ1) is 19.2. The van der Waals surface area contributed by atoms with Crippen LogP contribution >= 0.6 is 23.2 Å². The first-order valence-corrected chi connectivity index (χ1v) is 8.29. The van der Waals surface area contributed by atoms with E-state index in [2.05, 4.69) is 10.6 Å². The lowest BCUT2D eigenvalue weighted by Gasteiger charge is -2.21. The van der Waals surface area contributed by atoms with Crippen LogP contribution in [0.4, 0.5) is 10.1 Å². The number of para-hydroxylation sites is 1. The van der Waals surface area contributed by atoms with Crippen LogP contribution in [0.2, 0.25) is 10.0 Å². The lowest BCUT2D eigenvalue weighted by Crippen LogP contribution is -2.39. The van der Waals surface area contributed by atoms with E-state index in [0.29, 0.717) is 21.8 Å². The third-order valence-electron chi connectivity index (χ3n) is 3.70. The summed E-state index contributed by atoms with van der Waals surface area (Å²) in [6, 6.07) is 10.3. The molecule has 0 fully saturated rings. The van der Waals surface area contributed by atoms with Gasteiger partial charge >= 0.3 is 0 Å². The number of nitrogens with zero attached hydrogens (tertiary/aromatic N) is 1. The van der Waals surface area contributed by atoms with Crippen LogP contribution in [0.25, 0.3) is 0 Å². The molecule has 1 amide bonds. The predicted octanol–water partition coefficient (Wildman–Crippen LogP) is 4.68. The third kappa shape index (κ3) is 4.70. The van der Waals surface area contributed by atoms with E-state index >= 15 is 0 Å². The summed E-state index contributed by atoms with van der Waals surface area (Å²) in [4.78, 5) is 12.3. The molecule has 2 aromatic carbocycles. The fourth-order valence-corrected chi connectivity index (χ4v) is 2.89. The van der Waals surface area contributed by atoms with Crippen LogP contribution in [0.15, 0.2) is 36.4 Å². The van der Waals surface area contributed by atoms with E-state index in [0.717, 1.165) is 0 Å². The van der Waals surface area contributed by atoms with Gasteiger partial charge in [0.15, 0.2) is 0 Å². The van der Waals surface area contributed by atoms with Crippen molar-refractivity contribution in [1.82, 2.24) is 5.32 Å². The van der Waals surface area contributed by atoms with E-state index in [1.54, 1.807) is 38.1 Å². The molecule has 2 atom stereocenters. The molecule has 0 aliphatic heterocycles. The third-order valence-corrected chi connectivity index (χ3v) is 4.32. The second-order valence-corrected chi connectivity index (χ2v) is 6.36. The number of hydrogen-bond acceptors (Lipinski definition) is 3. The first-order chi connectivity index (χ1) is 11.8. The highest BCUT2D eigenvalue weighted by Gasteiger charge is 2.20. The molecular weight excluding hydrogens is 364 g/mol.